The maximum absolute atomic E-state index is 4.54. The van der Waals surface area contributed by atoms with E-state index in [1.807, 2.05) is 16.8 Å². The van der Waals surface area contributed by atoms with E-state index in [4.69, 9.17) is 0 Å². The van der Waals surface area contributed by atoms with Gasteiger partial charge in [-0.25, -0.2) is 9.50 Å². The molecule has 1 fully saturated rings. The Morgan fingerprint density at radius 2 is 2.06 bits per heavy atom. The molecule has 90 valence electrons. The standard InChI is InChI=1S/C13H18N4/c1-11-4-5-13-14-12(15-17(13)10-11)6-9-16-7-2-3-8-16/h4-5,10H,2-3,6-9H2,1H3. The Bertz CT molecular complexity index is 511. The van der Waals surface area contributed by atoms with Gasteiger partial charge in [0.25, 0.3) is 0 Å². The van der Waals surface area contributed by atoms with Crippen molar-refractivity contribution in [2.24, 2.45) is 0 Å². The maximum atomic E-state index is 4.54. The van der Waals surface area contributed by atoms with E-state index in [9.17, 15) is 0 Å². The Morgan fingerprint density at radius 1 is 1.24 bits per heavy atom. The van der Waals surface area contributed by atoms with Crippen LogP contribution in [-0.4, -0.2) is 39.1 Å². The summed E-state index contributed by atoms with van der Waals surface area (Å²) in [7, 11) is 0. The Hall–Kier alpha value is -1.42. The molecule has 1 saturated heterocycles. The predicted molar refractivity (Wildman–Crippen MR) is 67.1 cm³/mol. The number of aryl methyl sites for hydroxylation is 1. The molecule has 0 saturated carbocycles. The molecule has 17 heavy (non-hydrogen) atoms. The average Bonchev–Trinajstić information content (AvgIpc) is 2.94. The first kappa shape index (κ1) is 10.7. The van der Waals surface area contributed by atoms with E-state index >= 15 is 0 Å². The van der Waals surface area contributed by atoms with E-state index in [0.29, 0.717) is 0 Å². The van der Waals surface area contributed by atoms with Crippen molar-refractivity contribution in [3.05, 3.63) is 29.7 Å². The van der Waals surface area contributed by atoms with Crippen LogP contribution >= 0.6 is 0 Å². The minimum atomic E-state index is 0.951. The van der Waals surface area contributed by atoms with Gasteiger partial charge < -0.3 is 4.90 Å². The monoisotopic (exact) mass is 230 g/mol. The van der Waals surface area contributed by atoms with Crippen molar-refractivity contribution in [1.82, 2.24) is 19.5 Å². The first-order chi connectivity index (χ1) is 8.31. The molecule has 0 radical (unpaired) electrons. The third-order valence-electron chi connectivity index (χ3n) is 3.37. The zero-order valence-corrected chi connectivity index (χ0v) is 10.3. The molecular weight excluding hydrogens is 212 g/mol. The normalized spacial score (nSPS) is 17.0. The summed E-state index contributed by atoms with van der Waals surface area (Å²) in [6.07, 6.45) is 5.68. The summed E-state index contributed by atoms with van der Waals surface area (Å²) in [6, 6.07) is 4.11. The fraction of sp³-hybridized carbons (Fsp3) is 0.538. The number of hydrogen-bond acceptors (Lipinski definition) is 3. The lowest BCUT2D eigenvalue weighted by Crippen LogP contribution is -2.22. The molecule has 3 rings (SSSR count). The highest BCUT2D eigenvalue weighted by molar-refractivity contribution is 5.38. The quantitative estimate of drug-likeness (QED) is 0.804. The van der Waals surface area contributed by atoms with Crippen molar-refractivity contribution in [3.8, 4) is 0 Å². The lowest BCUT2D eigenvalue weighted by molar-refractivity contribution is 0.341. The van der Waals surface area contributed by atoms with Crippen LogP contribution in [0.5, 0.6) is 0 Å². The van der Waals surface area contributed by atoms with E-state index in [-0.39, 0.29) is 0 Å². The van der Waals surface area contributed by atoms with Gasteiger partial charge in [0.15, 0.2) is 11.5 Å². The molecule has 4 nitrogen and oxygen atoms in total. The average molecular weight is 230 g/mol. The molecular formula is C13H18N4. The van der Waals surface area contributed by atoms with Gasteiger partial charge in [-0.3, -0.25) is 0 Å². The van der Waals surface area contributed by atoms with Gasteiger partial charge in [-0.2, -0.15) is 5.10 Å². The zero-order chi connectivity index (χ0) is 11.7. The molecule has 0 N–H and O–H groups in total. The first-order valence-electron chi connectivity index (χ1n) is 6.35. The zero-order valence-electron chi connectivity index (χ0n) is 10.3. The second kappa shape index (κ2) is 4.45. The minimum Gasteiger partial charge on any atom is -0.303 e. The Morgan fingerprint density at radius 3 is 2.88 bits per heavy atom. The summed E-state index contributed by atoms with van der Waals surface area (Å²) in [4.78, 5) is 7.04. The van der Waals surface area contributed by atoms with Crippen molar-refractivity contribution in [2.75, 3.05) is 19.6 Å². The summed E-state index contributed by atoms with van der Waals surface area (Å²) in [5.74, 6) is 0.961. The molecule has 0 aromatic carbocycles. The third-order valence-corrected chi connectivity index (χ3v) is 3.37. The molecule has 0 amide bonds. The Kier molecular flexibility index (Phi) is 2.81. The lowest BCUT2D eigenvalue weighted by atomic mass is 10.3. The van der Waals surface area contributed by atoms with Crippen molar-refractivity contribution >= 4 is 5.65 Å². The summed E-state index contributed by atoms with van der Waals surface area (Å²) < 4.78 is 1.88. The van der Waals surface area contributed by atoms with Gasteiger partial charge >= 0.3 is 0 Å². The molecule has 0 bridgehead atoms. The number of rotatable bonds is 3. The smallest absolute Gasteiger partial charge is 0.155 e. The van der Waals surface area contributed by atoms with Gasteiger partial charge in [-0.15, -0.1) is 0 Å². The van der Waals surface area contributed by atoms with Crippen LogP contribution in [0.1, 0.15) is 24.2 Å². The summed E-state index contributed by atoms with van der Waals surface area (Å²) in [5.41, 5.74) is 2.17. The van der Waals surface area contributed by atoms with Crippen molar-refractivity contribution in [2.45, 2.75) is 26.2 Å². The Balaban J connectivity index is 1.72. The molecule has 0 spiro atoms. The molecule has 2 aromatic rings. The van der Waals surface area contributed by atoms with Crippen LogP contribution in [-0.2, 0) is 6.42 Å². The van der Waals surface area contributed by atoms with Crippen LogP contribution in [0.2, 0.25) is 0 Å². The van der Waals surface area contributed by atoms with Crippen LogP contribution in [0.4, 0.5) is 0 Å². The van der Waals surface area contributed by atoms with Crippen LogP contribution < -0.4 is 0 Å². The highest BCUT2D eigenvalue weighted by atomic mass is 15.3. The SMILES string of the molecule is Cc1ccc2nc(CCN3CCCC3)nn2c1. The topological polar surface area (TPSA) is 33.4 Å². The van der Waals surface area contributed by atoms with Gasteiger partial charge in [0.05, 0.1) is 0 Å². The van der Waals surface area contributed by atoms with E-state index in [2.05, 4.69) is 28.0 Å². The van der Waals surface area contributed by atoms with Crippen LogP contribution in [0.15, 0.2) is 18.3 Å². The van der Waals surface area contributed by atoms with E-state index in [1.54, 1.807) is 0 Å². The van der Waals surface area contributed by atoms with Gasteiger partial charge in [0, 0.05) is 19.2 Å². The highest BCUT2D eigenvalue weighted by Crippen LogP contribution is 2.09. The Labute approximate surface area is 101 Å². The number of aromatic nitrogens is 3. The number of nitrogens with zero attached hydrogens (tertiary/aromatic N) is 4. The molecule has 3 heterocycles. The lowest BCUT2D eigenvalue weighted by Gasteiger charge is -2.12. The maximum Gasteiger partial charge on any atom is 0.155 e. The molecule has 1 aliphatic heterocycles. The van der Waals surface area contributed by atoms with Gasteiger partial charge in [-0.05, 0) is 44.5 Å². The summed E-state index contributed by atoms with van der Waals surface area (Å²) >= 11 is 0. The number of pyridine rings is 1. The first-order valence-corrected chi connectivity index (χ1v) is 6.35. The fourth-order valence-corrected chi connectivity index (χ4v) is 2.40. The molecule has 4 heteroatoms. The van der Waals surface area contributed by atoms with Crippen LogP contribution in [0, 0.1) is 6.92 Å². The second-order valence-electron chi connectivity index (χ2n) is 4.84. The molecule has 0 unspecified atom stereocenters. The minimum absolute atomic E-state index is 0.951. The van der Waals surface area contributed by atoms with Crippen LogP contribution in [0.25, 0.3) is 5.65 Å². The van der Waals surface area contributed by atoms with E-state index in [0.717, 1.165) is 24.4 Å². The van der Waals surface area contributed by atoms with E-state index < -0.39 is 0 Å². The van der Waals surface area contributed by atoms with Crippen molar-refractivity contribution in [3.63, 3.8) is 0 Å². The van der Waals surface area contributed by atoms with Gasteiger partial charge in [-0.1, -0.05) is 6.07 Å². The summed E-state index contributed by atoms with van der Waals surface area (Å²) in [6.45, 7) is 5.65. The number of likely N-dealkylation sites (tertiary alicyclic amines) is 1. The van der Waals surface area contributed by atoms with Gasteiger partial charge in [0.1, 0.15) is 0 Å². The largest absolute Gasteiger partial charge is 0.303 e. The molecule has 0 aliphatic carbocycles. The molecule has 2 aromatic heterocycles. The van der Waals surface area contributed by atoms with E-state index in [1.165, 1.54) is 31.5 Å². The predicted octanol–water partition coefficient (Wildman–Crippen LogP) is 1.68. The second-order valence-corrected chi connectivity index (χ2v) is 4.84. The van der Waals surface area contributed by atoms with Crippen molar-refractivity contribution in [1.29, 1.82) is 0 Å². The van der Waals surface area contributed by atoms with Crippen LogP contribution in [0.3, 0.4) is 0 Å². The fourth-order valence-electron chi connectivity index (χ4n) is 2.40. The number of fused-ring (bicyclic) bond motifs is 1. The van der Waals surface area contributed by atoms with Gasteiger partial charge in [0.2, 0.25) is 0 Å². The van der Waals surface area contributed by atoms with Crippen molar-refractivity contribution < 1.29 is 0 Å². The molecule has 1 aliphatic rings. The highest BCUT2D eigenvalue weighted by Gasteiger charge is 2.12. The summed E-state index contributed by atoms with van der Waals surface area (Å²) in [5, 5.41) is 4.51. The number of hydrogen-bond donors (Lipinski definition) is 0. The molecule has 0 atom stereocenters. The third kappa shape index (κ3) is 2.31.